The van der Waals surface area contributed by atoms with Gasteiger partial charge in [-0.15, -0.1) is 0 Å². The Hall–Kier alpha value is -0.465. The molecule has 11 nitrogen and oxygen atoms in total. The van der Waals surface area contributed by atoms with Crippen molar-refractivity contribution in [2.24, 2.45) is 5.73 Å². The summed E-state index contributed by atoms with van der Waals surface area (Å²) in [7, 11) is 0. The summed E-state index contributed by atoms with van der Waals surface area (Å²) in [6.45, 7) is 5.46. The number of nitrogens with two attached hydrogens (primary N) is 1. The van der Waals surface area contributed by atoms with E-state index >= 15 is 0 Å². The van der Waals surface area contributed by atoms with Crippen LogP contribution in [0.4, 0.5) is 0 Å². The Balaban J connectivity index is 0.00000961. The maximum atomic E-state index is 11.3. The minimum atomic E-state index is -0.956. The molecule has 0 spiro atoms. The van der Waals surface area contributed by atoms with Crippen molar-refractivity contribution in [1.29, 1.82) is 0 Å². The molecule has 0 radical (unpaired) electrons. The van der Waals surface area contributed by atoms with Crippen LogP contribution in [-0.2, 0) is 14.4 Å². The second kappa shape index (κ2) is 18.9. The van der Waals surface area contributed by atoms with Crippen molar-refractivity contribution < 1.29 is 69.6 Å². The summed E-state index contributed by atoms with van der Waals surface area (Å²) in [4.78, 5) is 41.4. The van der Waals surface area contributed by atoms with E-state index in [9.17, 15) is 29.7 Å². The maximum Gasteiger partial charge on any atom is 0.317 e. The van der Waals surface area contributed by atoms with Crippen LogP contribution in [-0.4, -0.2) is 138 Å². The van der Waals surface area contributed by atoms with Gasteiger partial charge in [0.15, 0.2) is 0 Å². The molecule has 1 rings (SSSR count). The molecule has 1 aliphatic heterocycles. The SMILES string of the molecule is NCCCCCCN1CCN(CC(=O)O)CCN(CC(=O)O)CCN(CC(=O)O)CC1.[Gd]. The van der Waals surface area contributed by atoms with E-state index in [4.69, 9.17) is 5.73 Å². The van der Waals surface area contributed by atoms with Crippen molar-refractivity contribution in [3.63, 3.8) is 0 Å². The predicted octanol–water partition coefficient (Wildman–Crippen LogP) is -1.02. The van der Waals surface area contributed by atoms with E-state index in [1.165, 1.54) is 0 Å². The van der Waals surface area contributed by atoms with Gasteiger partial charge in [-0.3, -0.25) is 29.1 Å². The Morgan fingerprint density at radius 3 is 1.19 bits per heavy atom. The van der Waals surface area contributed by atoms with Gasteiger partial charge in [0.2, 0.25) is 0 Å². The molecule has 12 heteroatoms. The number of hydrogen-bond acceptors (Lipinski definition) is 8. The molecule has 0 unspecified atom stereocenters. The minimum absolute atomic E-state index is 0. The Morgan fingerprint density at radius 2 is 0.875 bits per heavy atom. The number of hydrogen-bond donors (Lipinski definition) is 4. The number of carbonyl (C=O) groups is 3. The van der Waals surface area contributed by atoms with Crippen LogP contribution < -0.4 is 5.73 Å². The molecule has 0 bridgehead atoms. The summed E-state index contributed by atoms with van der Waals surface area (Å²) in [5, 5.41) is 27.7. The standard InChI is InChI=1S/C20H39N5O6.Gd/c21-5-3-1-2-4-6-22-7-9-23(15-18(26)27)11-13-25(17-20(30)31)14-12-24(10-8-22)16-19(28)29;/h1-17,21H2,(H,26,27)(H,28,29)(H,30,31);. The molecule has 5 N–H and O–H groups in total. The van der Waals surface area contributed by atoms with Crippen LogP contribution in [0.3, 0.4) is 0 Å². The quantitative estimate of drug-likeness (QED) is 0.203. The van der Waals surface area contributed by atoms with Gasteiger partial charge in [-0.1, -0.05) is 12.8 Å². The zero-order valence-corrected chi connectivity index (χ0v) is 21.1. The molecule has 1 fully saturated rings. The van der Waals surface area contributed by atoms with Crippen LogP contribution in [0.15, 0.2) is 0 Å². The minimum Gasteiger partial charge on any atom is -0.480 e. The third-order valence-electron chi connectivity index (χ3n) is 5.43. The fourth-order valence-corrected chi connectivity index (χ4v) is 3.68. The zero-order valence-electron chi connectivity index (χ0n) is 18.8. The largest absolute Gasteiger partial charge is 0.480 e. The number of carboxylic acids is 3. The van der Waals surface area contributed by atoms with Crippen LogP contribution >= 0.6 is 0 Å². The molecule has 1 saturated heterocycles. The van der Waals surface area contributed by atoms with Gasteiger partial charge in [0.25, 0.3) is 0 Å². The first-order chi connectivity index (χ1) is 14.8. The molecular weight excluding hydrogens is 563 g/mol. The summed E-state index contributed by atoms with van der Waals surface area (Å²) in [5.41, 5.74) is 5.54. The molecule has 0 amide bonds. The molecule has 0 aromatic carbocycles. The fraction of sp³-hybridized carbons (Fsp3) is 0.850. The number of rotatable bonds is 12. The second-order valence-corrected chi connectivity index (χ2v) is 8.05. The van der Waals surface area contributed by atoms with Crippen LogP contribution in [0, 0.1) is 39.9 Å². The van der Waals surface area contributed by atoms with Crippen LogP contribution in [0.2, 0.25) is 0 Å². The van der Waals surface area contributed by atoms with E-state index in [0.29, 0.717) is 58.9 Å². The maximum absolute atomic E-state index is 11.3. The van der Waals surface area contributed by atoms with E-state index in [2.05, 4.69) is 4.90 Å². The van der Waals surface area contributed by atoms with Crippen molar-refractivity contribution in [3.05, 3.63) is 0 Å². The van der Waals surface area contributed by atoms with Gasteiger partial charge in [-0.05, 0) is 25.9 Å². The van der Waals surface area contributed by atoms with Gasteiger partial charge < -0.3 is 26.0 Å². The monoisotopic (exact) mass is 603 g/mol. The average Bonchev–Trinajstić information content (AvgIpc) is 2.68. The Bertz CT molecular complexity index is 525. The molecule has 0 saturated carbocycles. The van der Waals surface area contributed by atoms with Gasteiger partial charge >= 0.3 is 17.9 Å². The van der Waals surface area contributed by atoms with Crippen LogP contribution in [0.5, 0.6) is 0 Å². The molecule has 0 aromatic rings. The number of nitrogens with zero attached hydrogens (tertiary/aromatic N) is 4. The molecule has 188 valence electrons. The molecular formula is C20H39GdN5O6. The van der Waals surface area contributed by atoms with Crippen molar-refractivity contribution in [1.82, 2.24) is 19.6 Å². The van der Waals surface area contributed by atoms with Crippen LogP contribution in [0.1, 0.15) is 25.7 Å². The normalized spacial score (nSPS) is 18.3. The first-order valence-corrected chi connectivity index (χ1v) is 11.0. The van der Waals surface area contributed by atoms with E-state index < -0.39 is 17.9 Å². The summed E-state index contributed by atoms with van der Waals surface area (Å²) in [5.74, 6) is -2.77. The number of unbranched alkanes of at least 4 members (excludes halogenated alkanes) is 3. The second-order valence-electron chi connectivity index (χ2n) is 8.05. The molecule has 0 aromatic heterocycles. The van der Waals surface area contributed by atoms with Crippen molar-refractivity contribution in [3.8, 4) is 0 Å². The summed E-state index contributed by atoms with van der Waals surface area (Å²) < 4.78 is 0. The summed E-state index contributed by atoms with van der Waals surface area (Å²) in [6, 6.07) is 0. The number of carboxylic acid groups (broad SMARTS) is 3. The van der Waals surface area contributed by atoms with Crippen molar-refractivity contribution in [2.75, 3.05) is 85.1 Å². The molecule has 1 heterocycles. The Labute approximate surface area is 222 Å². The van der Waals surface area contributed by atoms with Gasteiger partial charge in [0, 0.05) is 92.3 Å². The molecule has 32 heavy (non-hydrogen) atoms. The Morgan fingerprint density at radius 1 is 0.562 bits per heavy atom. The number of aliphatic carboxylic acids is 3. The van der Waals surface area contributed by atoms with Crippen LogP contribution in [0.25, 0.3) is 0 Å². The average molecular weight is 603 g/mol. The van der Waals surface area contributed by atoms with Gasteiger partial charge in [0.1, 0.15) is 0 Å². The topological polar surface area (TPSA) is 151 Å². The molecule has 0 aliphatic carbocycles. The zero-order chi connectivity index (χ0) is 23.1. The fourth-order valence-electron chi connectivity index (χ4n) is 3.68. The first-order valence-electron chi connectivity index (χ1n) is 11.0. The van der Waals surface area contributed by atoms with E-state index in [0.717, 1.165) is 32.2 Å². The van der Waals surface area contributed by atoms with Gasteiger partial charge in [-0.2, -0.15) is 0 Å². The summed E-state index contributed by atoms with van der Waals surface area (Å²) in [6.07, 6.45) is 4.19. The molecule has 1 aliphatic rings. The van der Waals surface area contributed by atoms with Gasteiger partial charge in [0.05, 0.1) is 19.6 Å². The first kappa shape index (κ1) is 31.5. The summed E-state index contributed by atoms with van der Waals surface area (Å²) >= 11 is 0. The third-order valence-corrected chi connectivity index (χ3v) is 5.43. The Kier molecular flexibility index (Phi) is 18.6. The molecule has 0 atom stereocenters. The van der Waals surface area contributed by atoms with Gasteiger partial charge in [-0.25, -0.2) is 0 Å². The van der Waals surface area contributed by atoms with E-state index in [1.54, 1.807) is 4.90 Å². The van der Waals surface area contributed by atoms with E-state index in [-0.39, 0.29) is 59.6 Å². The van der Waals surface area contributed by atoms with Crippen molar-refractivity contribution in [2.45, 2.75) is 25.7 Å². The predicted molar refractivity (Wildman–Crippen MR) is 116 cm³/mol. The van der Waals surface area contributed by atoms with E-state index in [1.807, 2.05) is 9.80 Å². The smallest absolute Gasteiger partial charge is 0.317 e. The van der Waals surface area contributed by atoms with Crippen molar-refractivity contribution >= 4 is 17.9 Å². The third kappa shape index (κ3) is 16.2.